The molecule has 0 bridgehead atoms. The maximum atomic E-state index is 10.5. The van der Waals surface area contributed by atoms with Crippen molar-refractivity contribution in [2.24, 2.45) is 0 Å². The minimum absolute atomic E-state index is 0.0375. The zero-order valence-corrected chi connectivity index (χ0v) is 15.3. The lowest BCUT2D eigenvalue weighted by molar-refractivity contribution is 0.136. The van der Waals surface area contributed by atoms with Gasteiger partial charge < -0.3 is 9.84 Å². The lowest BCUT2D eigenvalue weighted by Crippen LogP contribution is -2.18. The topological polar surface area (TPSA) is 29.5 Å². The molecule has 0 aliphatic heterocycles. The molecule has 2 atom stereocenters. The van der Waals surface area contributed by atoms with E-state index in [1.807, 2.05) is 30.3 Å². The van der Waals surface area contributed by atoms with E-state index >= 15 is 0 Å². The second kappa shape index (κ2) is 7.66. The molecule has 2 nitrogen and oxygen atoms in total. The van der Waals surface area contributed by atoms with Crippen molar-refractivity contribution >= 4 is 8.07 Å². The quantitative estimate of drug-likeness (QED) is 0.667. The summed E-state index contributed by atoms with van der Waals surface area (Å²) in [6.45, 7) is 6.51. The minimum atomic E-state index is -1.50. The highest BCUT2D eigenvalue weighted by Crippen LogP contribution is 2.30. The van der Waals surface area contributed by atoms with Crippen molar-refractivity contribution < 1.29 is 9.84 Å². The van der Waals surface area contributed by atoms with Gasteiger partial charge in [0.1, 0.15) is 14.2 Å². The Kier molecular flexibility index (Phi) is 5.85. The van der Waals surface area contributed by atoms with Crippen LogP contribution < -0.4 is 0 Å². The van der Waals surface area contributed by atoms with Gasteiger partial charge in [-0.15, -0.1) is 5.54 Å². The number of hydrogen-bond donors (Lipinski definition) is 1. The summed E-state index contributed by atoms with van der Waals surface area (Å²) >= 11 is 0. The summed E-state index contributed by atoms with van der Waals surface area (Å²) in [7, 11) is 0.192. The van der Waals surface area contributed by atoms with Crippen molar-refractivity contribution in [3.05, 3.63) is 47.0 Å². The maximum absolute atomic E-state index is 10.5. The molecule has 0 fully saturated rings. The molecule has 120 valence electrons. The van der Waals surface area contributed by atoms with Crippen molar-refractivity contribution in [3.63, 3.8) is 0 Å². The number of aliphatic hydroxyl groups is 1. The Morgan fingerprint density at radius 3 is 2.48 bits per heavy atom. The first kappa shape index (κ1) is 17.6. The number of methoxy groups -OCH3 is 1. The summed E-state index contributed by atoms with van der Waals surface area (Å²) in [5.74, 6) is 9.41. The van der Waals surface area contributed by atoms with Crippen LogP contribution in [-0.2, 0) is 4.74 Å². The van der Waals surface area contributed by atoms with Gasteiger partial charge in [-0.25, -0.2) is 0 Å². The molecular weight excluding hydrogens is 300 g/mol. The second-order valence-corrected chi connectivity index (χ2v) is 11.5. The second-order valence-electron chi connectivity index (χ2n) is 6.74. The zero-order chi connectivity index (χ0) is 16.9. The third-order valence-electron chi connectivity index (χ3n) is 3.66. The molecule has 1 aliphatic rings. The molecule has 1 unspecified atom stereocenters. The molecule has 0 amide bonds. The molecule has 0 saturated heterocycles. The summed E-state index contributed by atoms with van der Waals surface area (Å²) < 4.78 is 5.53. The van der Waals surface area contributed by atoms with E-state index in [9.17, 15) is 5.11 Å². The number of ether oxygens (including phenoxy) is 1. The van der Waals surface area contributed by atoms with Crippen LogP contribution in [0.1, 0.15) is 18.4 Å². The molecule has 0 saturated carbocycles. The van der Waals surface area contributed by atoms with Crippen LogP contribution in [-0.4, -0.2) is 32.5 Å². The van der Waals surface area contributed by atoms with E-state index in [1.165, 1.54) is 0 Å². The number of benzene rings is 1. The molecule has 1 aliphatic carbocycles. The predicted molar refractivity (Wildman–Crippen MR) is 97.5 cm³/mol. The Balaban J connectivity index is 2.32. The van der Waals surface area contributed by atoms with Gasteiger partial charge in [0.15, 0.2) is 0 Å². The van der Waals surface area contributed by atoms with Gasteiger partial charge >= 0.3 is 0 Å². The third-order valence-corrected chi connectivity index (χ3v) is 4.55. The standard InChI is InChI=1S/C20H24O2Si/c1-22-20-13-12-17(19(21)14-15-23(2,3)4)18(20)11-10-16-8-6-5-7-9-16/h5-9,19-21H,12-13H2,1-4H3/t19-,20?/m0/s1. The van der Waals surface area contributed by atoms with E-state index in [4.69, 9.17) is 4.74 Å². The molecule has 0 heterocycles. The Bertz CT molecular complexity index is 690. The van der Waals surface area contributed by atoms with Gasteiger partial charge in [-0.1, -0.05) is 55.6 Å². The first-order chi connectivity index (χ1) is 10.9. The van der Waals surface area contributed by atoms with E-state index in [1.54, 1.807) is 7.11 Å². The monoisotopic (exact) mass is 324 g/mol. The largest absolute Gasteiger partial charge is 0.376 e. The maximum Gasteiger partial charge on any atom is 0.136 e. The summed E-state index contributed by atoms with van der Waals surface area (Å²) in [4.78, 5) is 0. The van der Waals surface area contributed by atoms with Crippen LogP contribution in [0.3, 0.4) is 0 Å². The van der Waals surface area contributed by atoms with Crippen molar-refractivity contribution in [2.75, 3.05) is 7.11 Å². The summed E-state index contributed by atoms with van der Waals surface area (Å²) in [5, 5.41) is 10.5. The van der Waals surface area contributed by atoms with Crippen LogP contribution in [0.5, 0.6) is 0 Å². The smallest absolute Gasteiger partial charge is 0.136 e. The Morgan fingerprint density at radius 1 is 1.17 bits per heavy atom. The molecule has 0 aromatic heterocycles. The van der Waals surface area contributed by atoms with E-state index in [0.29, 0.717) is 0 Å². The first-order valence-corrected chi connectivity index (χ1v) is 11.4. The van der Waals surface area contributed by atoms with Gasteiger partial charge in [0.2, 0.25) is 0 Å². The molecule has 3 heteroatoms. The van der Waals surface area contributed by atoms with Crippen LogP contribution in [0, 0.1) is 23.3 Å². The van der Waals surface area contributed by atoms with E-state index in [0.717, 1.165) is 29.6 Å². The molecule has 1 aromatic rings. The highest BCUT2D eigenvalue weighted by Gasteiger charge is 2.27. The van der Waals surface area contributed by atoms with E-state index in [-0.39, 0.29) is 6.10 Å². The molecular formula is C20H24O2Si. The molecule has 23 heavy (non-hydrogen) atoms. The normalized spacial score (nSPS) is 18.7. The summed E-state index contributed by atoms with van der Waals surface area (Å²) in [6, 6.07) is 9.86. The third kappa shape index (κ3) is 5.11. The van der Waals surface area contributed by atoms with Crippen LogP contribution in [0.25, 0.3) is 0 Å². The zero-order valence-electron chi connectivity index (χ0n) is 14.3. The lowest BCUT2D eigenvalue weighted by atomic mass is 10.1. The highest BCUT2D eigenvalue weighted by molar-refractivity contribution is 6.83. The van der Waals surface area contributed by atoms with Crippen LogP contribution >= 0.6 is 0 Å². The summed E-state index contributed by atoms with van der Waals surface area (Å²) in [6.07, 6.45) is 0.876. The number of hydrogen-bond acceptors (Lipinski definition) is 2. The fraction of sp³-hybridized carbons (Fsp3) is 0.400. The molecule has 1 aromatic carbocycles. The Hall–Kier alpha value is -1.78. The van der Waals surface area contributed by atoms with Crippen LogP contribution in [0.2, 0.25) is 19.6 Å². The van der Waals surface area contributed by atoms with Crippen LogP contribution in [0.15, 0.2) is 41.5 Å². The molecule has 2 rings (SSSR count). The average molecular weight is 324 g/mol. The van der Waals surface area contributed by atoms with Gasteiger partial charge in [0, 0.05) is 18.2 Å². The fourth-order valence-electron chi connectivity index (χ4n) is 2.49. The molecule has 0 radical (unpaired) electrons. The van der Waals surface area contributed by atoms with Gasteiger partial charge in [-0.2, -0.15) is 0 Å². The van der Waals surface area contributed by atoms with Gasteiger partial charge in [-0.05, 0) is 30.5 Å². The van der Waals surface area contributed by atoms with Gasteiger partial charge in [0.05, 0.1) is 6.10 Å². The molecule has 0 spiro atoms. The lowest BCUT2D eigenvalue weighted by Gasteiger charge is -2.10. The van der Waals surface area contributed by atoms with Gasteiger partial charge in [-0.3, -0.25) is 0 Å². The fourth-order valence-corrected chi connectivity index (χ4v) is 3.06. The number of aliphatic hydroxyl groups excluding tert-OH is 1. The Labute approximate surface area is 140 Å². The highest BCUT2D eigenvalue weighted by atomic mass is 28.3. The van der Waals surface area contributed by atoms with E-state index < -0.39 is 14.2 Å². The summed E-state index contributed by atoms with van der Waals surface area (Å²) in [5.41, 5.74) is 6.02. The van der Waals surface area contributed by atoms with Crippen molar-refractivity contribution in [2.45, 2.75) is 44.7 Å². The van der Waals surface area contributed by atoms with Crippen molar-refractivity contribution in [1.29, 1.82) is 0 Å². The van der Waals surface area contributed by atoms with Crippen LogP contribution in [0.4, 0.5) is 0 Å². The SMILES string of the molecule is COC1CCC([C@@H](O)C#C[Si](C)(C)C)=C1C#Cc1ccccc1. The predicted octanol–water partition coefficient (Wildman–Crippen LogP) is 3.39. The first-order valence-electron chi connectivity index (χ1n) is 7.94. The average Bonchev–Trinajstić information content (AvgIpc) is 2.94. The van der Waals surface area contributed by atoms with Crippen molar-refractivity contribution in [3.8, 4) is 23.3 Å². The minimum Gasteiger partial charge on any atom is -0.376 e. The van der Waals surface area contributed by atoms with E-state index in [2.05, 4.69) is 42.9 Å². The van der Waals surface area contributed by atoms with Crippen molar-refractivity contribution in [1.82, 2.24) is 0 Å². The van der Waals surface area contributed by atoms with Gasteiger partial charge in [0.25, 0.3) is 0 Å². The Morgan fingerprint density at radius 2 is 1.87 bits per heavy atom. The number of rotatable bonds is 2. The molecule has 1 N–H and O–H groups in total.